The van der Waals surface area contributed by atoms with E-state index < -0.39 is 6.04 Å². The first-order valence-corrected chi connectivity index (χ1v) is 19.7. The van der Waals surface area contributed by atoms with Crippen LogP contribution in [0.4, 0.5) is 5.69 Å². The molecule has 3 aliphatic rings. The smallest absolute Gasteiger partial charge is 0.255 e. The lowest BCUT2D eigenvalue weighted by Crippen LogP contribution is -2.56. The second-order valence-electron chi connectivity index (χ2n) is 15.1. The van der Waals surface area contributed by atoms with Crippen LogP contribution in [0.2, 0.25) is 0 Å². The van der Waals surface area contributed by atoms with Crippen molar-refractivity contribution in [3.05, 3.63) is 125 Å². The Labute approximate surface area is 324 Å². The number of allylic oxidation sites excluding steroid dienone is 1. The lowest BCUT2D eigenvalue weighted by Gasteiger charge is -2.45. The van der Waals surface area contributed by atoms with Crippen molar-refractivity contribution in [3.63, 3.8) is 0 Å². The van der Waals surface area contributed by atoms with E-state index in [1.54, 1.807) is 17.0 Å². The number of unbranched alkanes of at least 4 members (excludes halogenated alkanes) is 2. The van der Waals surface area contributed by atoms with Crippen molar-refractivity contribution >= 4 is 34.4 Å². The highest BCUT2D eigenvalue weighted by Gasteiger charge is 2.40. The van der Waals surface area contributed by atoms with Crippen LogP contribution in [0, 0.1) is 0 Å². The molecular weight excluding hydrogens is 689 g/mol. The number of ketones is 1. The summed E-state index contributed by atoms with van der Waals surface area (Å²) in [4.78, 5) is 44.3. The number of carbonyl (C=O) groups is 3. The number of hydrogen-bond donors (Lipinski definition) is 2. The standard InChI is InChI=1S/C46H52N4O5/c1-4-41(33-11-7-5-8-12-33)44(34-13-18-38(51)19-14-34)35-15-20-40(21-16-35)55-24-10-6-9-23-48-28-32(3)49(29-31(48)2)37-17-22-42-36(25-37)30-50(46(42)54)43-26-39(52)27-47-45(43)53/h5,7-8,11-22,25,31-32,43,51H,4,6,9-10,23-24,26-30H2,1-3H3,(H,47,53)/b44-41-. The van der Waals surface area contributed by atoms with Gasteiger partial charge in [0.2, 0.25) is 5.91 Å². The van der Waals surface area contributed by atoms with E-state index in [1.165, 1.54) is 11.1 Å². The van der Waals surface area contributed by atoms with Gasteiger partial charge in [-0.2, -0.15) is 0 Å². The van der Waals surface area contributed by atoms with Gasteiger partial charge < -0.3 is 25.0 Å². The van der Waals surface area contributed by atoms with Gasteiger partial charge in [-0.3, -0.25) is 19.3 Å². The largest absolute Gasteiger partial charge is 0.508 e. The molecule has 3 atom stereocenters. The number of phenolic OH excluding ortho intramolecular Hbond substituents is 1. The van der Waals surface area contributed by atoms with Crippen molar-refractivity contribution < 1.29 is 24.2 Å². The molecule has 286 valence electrons. The average Bonchev–Trinajstić information content (AvgIpc) is 3.53. The number of hydrogen-bond acceptors (Lipinski definition) is 7. The molecule has 3 unspecified atom stereocenters. The topological polar surface area (TPSA) is 102 Å². The fourth-order valence-electron chi connectivity index (χ4n) is 8.37. The second-order valence-corrected chi connectivity index (χ2v) is 15.1. The minimum Gasteiger partial charge on any atom is -0.508 e. The van der Waals surface area contributed by atoms with E-state index in [2.05, 4.69) is 90.5 Å². The number of amides is 2. The van der Waals surface area contributed by atoms with E-state index in [1.807, 2.05) is 30.3 Å². The summed E-state index contributed by atoms with van der Waals surface area (Å²) in [6.07, 6.45) is 4.13. The zero-order valence-electron chi connectivity index (χ0n) is 32.2. The fraction of sp³-hybridized carbons (Fsp3) is 0.370. The van der Waals surface area contributed by atoms with Crippen LogP contribution >= 0.6 is 0 Å². The Hall–Kier alpha value is -5.41. The van der Waals surface area contributed by atoms with Crippen molar-refractivity contribution in [1.29, 1.82) is 0 Å². The quantitative estimate of drug-likeness (QED) is 0.109. The molecule has 7 rings (SSSR count). The molecule has 9 nitrogen and oxygen atoms in total. The number of anilines is 1. The number of phenols is 1. The van der Waals surface area contributed by atoms with E-state index in [-0.39, 0.29) is 36.3 Å². The molecule has 0 bridgehead atoms. The summed E-state index contributed by atoms with van der Waals surface area (Å²) >= 11 is 0. The monoisotopic (exact) mass is 740 g/mol. The van der Waals surface area contributed by atoms with Crippen LogP contribution in [-0.4, -0.2) is 83.4 Å². The van der Waals surface area contributed by atoms with Crippen LogP contribution in [0.3, 0.4) is 0 Å². The Morgan fingerprint density at radius 2 is 1.53 bits per heavy atom. The molecule has 2 N–H and O–H groups in total. The van der Waals surface area contributed by atoms with E-state index in [4.69, 9.17) is 4.74 Å². The third kappa shape index (κ3) is 8.47. The highest BCUT2D eigenvalue weighted by atomic mass is 16.5. The normalized spacial score (nSPS) is 20.6. The van der Waals surface area contributed by atoms with Gasteiger partial charge in [-0.1, -0.05) is 61.5 Å². The highest BCUT2D eigenvalue weighted by molar-refractivity contribution is 6.04. The van der Waals surface area contributed by atoms with Gasteiger partial charge in [-0.15, -0.1) is 0 Å². The predicted octanol–water partition coefficient (Wildman–Crippen LogP) is 7.32. The highest BCUT2D eigenvalue weighted by Crippen LogP contribution is 2.36. The fourth-order valence-corrected chi connectivity index (χ4v) is 8.37. The molecule has 0 saturated carbocycles. The lowest BCUT2D eigenvalue weighted by atomic mass is 9.88. The second kappa shape index (κ2) is 16.9. The Morgan fingerprint density at radius 3 is 2.25 bits per heavy atom. The molecule has 4 aromatic carbocycles. The van der Waals surface area contributed by atoms with E-state index in [0.29, 0.717) is 30.8 Å². The number of Topliss-reactive ketones (excluding diaryl/α,β-unsaturated/α-hetero) is 1. The molecule has 0 aromatic heterocycles. The summed E-state index contributed by atoms with van der Waals surface area (Å²) in [5, 5.41) is 12.6. The van der Waals surface area contributed by atoms with Crippen LogP contribution in [0.1, 0.15) is 85.5 Å². The van der Waals surface area contributed by atoms with Gasteiger partial charge in [-0.25, -0.2) is 0 Å². The van der Waals surface area contributed by atoms with Gasteiger partial charge in [0, 0.05) is 49.4 Å². The first-order valence-electron chi connectivity index (χ1n) is 19.7. The van der Waals surface area contributed by atoms with Gasteiger partial charge in [0.05, 0.1) is 13.2 Å². The van der Waals surface area contributed by atoms with Crippen LogP contribution in [0.15, 0.2) is 97.1 Å². The lowest BCUT2D eigenvalue weighted by molar-refractivity contribution is -0.134. The van der Waals surface area contributed by atoms with E-state index >= 15 is 0 Å². The number of carbonyl (C=O) groups excluding carboxylic acids is 3. The van der Waals surface area contributed by atoms with Crippen molar-refractivity contribution in [2.75, 3.05) is 37.7 Å². The predicted molar refractivity (Wildman–Crippen MR) is 217 cm³/mol. The molecule has 3 aliphatic heterocycles. The molecule has 0 radical (unpaired) electrons. The zero-order valence-corrected chi connectivity index (χ0v) is 32.2. The number of fused-ring (bicyclic) bond motifs is 1. The summed E-state index contributed by atoms with van der Waals surface area (Å²) in [6, 6.07) is 32.3. The Kier molecular flexibility index (Phi) is 11.7. The maximum absolute atomic E-state index is 13.2. The number of aromatic hydroxyl groups is 1. The minimum absolute atomic E-state index is 0.0420. The molecule has 0 aliphatic carbocycles. The number of benzene rings is 4. The van der Waals surface area contributed by atoms with Gasteiger partial charge in [0.25, 0.3) is 5.91 Å². The van der Waals surface area contributed by atoms with Crippen LogP contribution < -0.4 is 15.0 Å². The van der Waals surface area contributed by atoms with Crippen LogP contribution in [-0.2, 0) is 16.1 Å². The molecule has 9 heteroatoms. The maximum Gasteiger partial charge on any atom is 0.255 e. The number of piperazine rings is 1. The Balaban J connectivity index is 0.887. The zero-order chi connectivity index (χ0) is 38.5. The molecule has 4 aromatic rings. The molecule has 55 heavy (non-hydrogen) atoms. The molecule has 2 amide bonds. The summed E-state index contributed by atoms with van der Waals surface area (Å²) in [7, 11) is 0. The van der Waals surface area contributed by atoms with Gasteiger partial charge >= 0.3 is 0 Å². The first kappa shape index (κ1) is 37.9. The number of nitrogens with one attached hydrogen (secondary N) is 1. The van der Waals surface area contributed by atoms with Crippen LogP contribution in [0.25, 0.3) is 11.1 Å². The number of piperidine rings is 1. The molecule has 2 saturated heterocycles. The number of rotatable bonds is 13. The first-order chi connectivity index (χ1) is 26.7. The third-order valence-electron chi connectivity index (χ3n) is 11.4. The molecule has 0 spiro atoms. The van der Waals surface area contributed by atoms with E-state index in [0.717, 1.165) is 79.0 Å². The van der Waals surface area contributed by atoms with E-state index in [9.17, 15) is 19.5 Å². The van der Waals surface area contributed by atoms with Gasteiger partial charge in [-0.05, 0) is 122 Å². The molecule has 3 heterocycles. The summed E-state index contributed by atoms with van der Waals surface area (Å²) in [5.74, 6) is 0.639. The van der Waals surface area contributed by atoms with Crippen molar-refractivity contribution in [1.82, 2.24) is 15.1 Å². The SMILES string of the molecule is CC/C(=C(\c1ccc(O)cc1)c1ccc(OCCCCCN2CC(C)N(c3ccc4c(c3)CN(C3CC(=O)CNC3=O)C4=O)CC2C)cc1)c1ccccc1. The minimum atomic E-state index is -0.737. The van der Waals surface area contributed by atoms with Crippen molar-refractivity contribution in [2.24, 2.45) is 0 Å². The summed E-state index contributed by atoms with van der Waals surface area (Å²) in [5.41, 5.74) is 8.42. The van der Waals surface area contributed by atoms with Crippen molar-refractivity contribution in [3.8, 4) is 11.5 Å². The van der Waals surface area contributed by atoms with Crippen LogP contribution in [0.5, 0.6) is 11.5 Å². The Bertz CT molecular complexity index is 2030. The Morgan fingerprint density at radius 1 is 0.800 bits per heavy atom. The number of nitrogens with zero attached hydrogens (tertiary/aromatic N) is 3. The number of ether oxygens (including phenoxy) is 1. The van der Waals surface area contributed by atoms with Gasteiger partial charge in [0.1, 0.15) is 17.5 Å². The maximum atomic E-state index is 13.2. The van der Waals surface area contributed by atoms with Gasteiger partial charge in [0.15, 0.2) is 5.78 Å². The third-order valence-corrected chi connectivity index (χ3v) is 11.4. The average molecular weight is 741 g/mol. The summed E-state index contributed by atoms with van der Waals surface area (Å²) in [6.45, 7) is 10.7. The summed E-state index contributed by atoms with van der Waals surface area (Å²) < 4.78 is 6.19. The molecular formula is C46H52N4O5. The van der Waals surface area contributed by atoms with Crippen molar-refractivity contribution in [2.45, 2.75) is 77.5 Å². The molecule has 2 fully saturated rings.